The normalized spacial score (nSPS) is 11.7. The Hall–Kier alpha value is 0.0500. The van der Waals surface area contributed by atoms with E-state index in [1.54, 1.807) is 18.2 Å². The van der Waals surface area contributed by atoms with Gasteiger partial charge in [0, 0.05) is 12.1 Å². The number of rotatable bonds is 1. The number of hydrogen-bond donors (Lipinski definition) is 1. The molecule has 0 fully saturated rings. The van der Waals surface area contributed by atoms with Gasteiger partial charge in [-0.15, -0.1) is 0 Å². The van der Waals surface area contributed by atoms with Crippen LogP contribution in [0.3, 0.4) is 0 Å². The van der Waals surface area contributed by atoms with Crippen molar-refractivity contribution in [2.24, 2.45) is 5.73 Å². The Morgan fingerprint density at radius 3 is 2.50 bits per heavy atom. The van der Waals surface area contributed by atoms with Gasteiger partial charge in [-0.1, -0.05) is 46.9 Å². The molecule has 0 unspecified atom stereocenters. The Balaban J connectivity index is 3.14. The maximum absolute atomic E-state index is 5.70. The molecule has 1 aromatic carbocycles. The lowest BCUT2D eigenvalue weighted by Gasteiger charge is -2.14. The van der Waals surface area contributed by atoms with Crippen LogP contribution in [0.5, 0.6) is 0 Å². The molecular formula is C8H7Cl3N. The minimum Gasteiger partial charge on any atom is -0.326 e. The zero-order chi connectivity index (χ0) is 9.19. The van der Waals surface area contributed by atoms with Gasteiger partial charge in [0.15, 0.2) is 0 Å². The number of alkyl halides is 3. The third kappa shape index (κ3) is 2.27. The maximum Gasteiger partial charge on any atom is 0.216 e. The van der Waals surface area contributed by atoms with Gasteiger partial charge in [0.05, 0.1) is 0 Å². The lowest BCUT2D eigenvalue weighted by atomic mass is 10.1. The summed E-state index contributed by atoms with van der Waals surface area (Å²) in [5, 5.41) is 0. The van der Waals surface area contributed by atoms with Gasteiger partial charge < -0.3 is 5.73 Å². The van der Waals surface area contributed by atoms with Crippen molar-refractivity contribution in [3.8, 4) is 0 Å². The Morgan fingerprint density at radius 1 is 1.42 bits per heavy atom. The van der Waals surface area contributed by atoms with Crippen LogP contribution in [0.4, 0.5) is 0 Å². The molecule has 0 atom stereocenters. The van der Waals surface area contributed by atoms with E-state index >= 15 is 0 Å². The zero-order valence-corrected chi connectivity index (χ0v) is 8.42. The maximum atomic E-state index is 5.70. The summed E-state index contributed by atoms with van der Waals surface area (Å²) in [6.45, 7) is 0.348. The van der Waals surface area contributed by atoms with Crippen LogP contribution in [0.1, 0.15) is 11.1 Å². The van der Waals surface area contributed by atoms with E-state index in [9.17, 15) is 0 Å². The summed E-state index contributed by atoms with van der Waals surface area (Å²) in [7, 11) is 0. The van der Waals surface area contributed by atoms with Crippen molar-refractivity contribution in [1.82, 2.24) is 0 Å². The van der Waals surface area contributed by atoms with Crippen molar-refractivity contribution in [3.05, 3.63) is 35.4 Å². The van der Waals surface area contributed by atoms with Crippen LogP contribution in [0.25, 0.3) is 0 Å². The smallest absolute Gasteiger partial charge is 0.216 e. The predicted molar refractivity (Wildman–Crippen MR) is 52.4 cm³/mol. The molecule has 12 heavy (non-hydrogen) atoms. The SMILES string of the molecule is NCc1c[c]ccc1C(Cl)(Cl)Cl. The van der Waals surface area contributed by atoms with Crippen molar-refractivity contribution < 1.29 is 0 Å². The van der Waals surface area contributed by atoms with Gasteiger partial charge in [-0.3, -0.25) is 0 Å². The van der Waals surface area contributed by atoms with Crippen LogP contribution in [0, 0.1) is 6.07 Å². The van der Waals surface area contributed by atoms with Crippen LogP contribution in [0.2, 0.25) is 0 Å². The fourth-order valence-electron chi connectivity index (χ4n) is 0.910. The molecule has 2 N–H and O–H groups in total. The summed E-state index contributed by atoms with van der Waals surface area (Å²) in [6, 6.07) is 7.98. The largest absolute Gasteiger partial charge is 0.326 e. The number of benzene rings is 1. The quantitative estimate of drug-likeness (QED) is 0.728. The molecular weight excluding hydrogens is 216 g/mol. The van der Waals surface area contributed by atoms with E-state index in [1.807, 2.05) is 0 Å². The van der Waals surface area contributed by atoms with Crippen LogP contribution >= 0.6 is 34.8 Å². The molecule has 65 valence electrons. The van der Waals surface area contributed by atoms with E-state index in [-0.39, 0.29) is 0 Å². The number of halogens is 3. The highest BCUT2D eigenvalue weighted by molar-refractivity contribution is 6.66. The lowest BCUT2D eigenvalue weighted by molar-refractivity contribution is 1.02. The molecule has 0 bridgehead atoms. The van der Waals surface area contributed by atoms with Gasteiger partial charge in [0.2, 0.25) is 3.79 Å². The molecule has 1 aromatic rings. The predicted octanol–water partition coefficient (Wildman–Crippen LogP) is 2.77. The van der Waals surface area contributed by atoms with Crippen molar-refractivity contribution in [2.75, 3.05) is 0 Å². The summed E-state index contributed by atoms with van der Waals surface area (Å²) < 4.78 is -1.40. The van der Waals surface area contributed by atoms with Gasteiger partial charge in [-0.05, 0) is 17.7 Å². The van der Waals surface area contributed by atoms with Crippen LogP contribution < -0.4 is 5.73 Å². The molecule has 0 heterocycles. The first-order chi connectivity index (χ1) is 5.55. The summed E-state index contributed by atoms with van der Waals surface area (Å²) in [5.74, 6) is 0. The van der Waals surface area contributed by atoms with Crippen LogP contribution in [-0.4, -0.2) is 0 Å². The van der Waals surface area contributed by atoms with Gasteiger partial charge in [0.25, 0.3) is 0 Å². The lowest BCUT2D eigenvalue weighted by Crippen LogP contribution is -2.08. The first-order valence-corrected chi connectivity index (χ1v) is 4.45. The molecule has 1 radical (unpaired) electrons. The molecule has 0 aromatic heterocycles. The average Bonchev–Trinajstić information content (AvgIpc) is 2.03. The average molecular weight is 224 g/mol. The van der Waals surface area contributed by atoms with E-state index in [0.29, 0.717) is 12.1 Å². The minimum absolute atomic E-state index is 0.348. The molecule has 1 rings (SSSR count). The standard InChI is InChI=1S/C8H7Cl3N/c9-8(10,11)7-4-2-1-3-6(7)5-12/h2-4H,5,12H2. The van der Waals surface area contributed by atoms with Gasteiger partial charge in [-0.2, -0.15) is 0 Å². The number of hydrogen-bond acceptors (Lipinski definition) is 1. The highest BCUT2D eigenvalue weighted by Gasteiger charge is 2.24. The summed E-state index contributed by atoms with van der Waals surface area (Å²) in [6.07, 6.45) is 0. The second-order valence-corrected chi connectivity index (χ2v) is 4.57. The summed E-state index contributed by atoms with van der Waals surface area (Å²) in [4.78, 5) is 0. The Bertz CT molecular complexity index is 267. The minimum atomic E-state index is -1.40. The first kappa shape index (κ1) is 10.1. The first-order valence-electron chi connectivity index (χ1n) is 3.32. The van der Waals surface area contributed by atoms with Crippen molar-refractivity contribution in [1.29, 1.82) is 0 Å². The van der Waals surface area contributed by atoms with Gasteiger partial charge in [-0.25, -0.2) is 0 Å². The van der Waals surface area contributed by atoms with Crippen LogP contribution in [0.15, 0.2) is 18.2 Å². The van der Waals surface area contributed by atoms with Crippen molar-refractivity contribution in [3.63, 3.8) is 0 Å². The third-order valence-corrected chi connectivity index (χ3v) is 2.09. The zero-order valence-electron chi connectivity index (χ0n) is 6.15. The van der Waals surface area contributed by atoms with E-state index in [1.165, 1.54) is 0 Å². The Morgan fingerprint density at radius 2 is 2.08 bits per heavy atom. The molecule has 1 nitrogen and oxygen atoms in total. The second-order valence-electron chi connectivity index (χ2n) is 2.29. The molecule has 0 aliphatic rings. The van der Waals surface area contributed by atoms with E-state index in [0.717, 1.165) is 5.56 Å². The van der Waals surface area contributed by atoms with E-state index < -0.39 is 3.79 Å². The highest BCUT2D eigenvalue weighted by Crippen LogP contribution is 2.39. The molecule has 0 aliphatic heterocycles. The molecule has 0 saturated heterocycles. The number of nitrogens with two attached hydrogens (primary N) is 1. The molecule has 0 saturated carbocycles. The monoisotopic (exact) mass is 222 g/mol. The summed E-state index contributed by atoms with van der Waals surface area (Å²) in [5.41, 5.74) is 6.87. The Labute approximate surface area is 86.4 Å². The highest BCUT2D eigenvalue weighted by atomic mass is 35.6. The molecule has 0 amide bonds. The second kappa shape index (κ2) is 3.84. The molecule has 4 heteroatoms. The fraction of sp³-hybridized carbons (Fsp3) is 0.250. The van der Waals surface area contributed by atoms with Gasteiger partial charge in [0.1, 0.15) is 0 Å². The van der Waals surface area contributed by atoms with Crippen molar-refractivity contribution in [2.45, 2.75) is 10.3 Å². The van der Waals surface area contributed by atoms with Crippen LogP contribution in [-0.2, 0) is 10.3 Å². The van der Waals surface area contributed by atoms with Crippen molar-refractivity contribution >= 4 is 34.8 Å². The summed E-state index contributed by atoms with van der Waals surface area (Å²) >= 11 is 17.1. The van der Waals surface area contributed by atoms with Gasteiger partial charge >= 0.3 is 0 Å². The molecule has 0 aliphatic carbocycles. The Kier molecular flexibility index (Phi) is 3.24. The fourth-order valence-corrected chi connectivity index (χ4v) is 1.46. The van der Waals surface area contributed by atoms with E-state index in [2.05, 4.69) is 6.07 Å². The third-order valence-electron chi connectivity index (χ3n) is 1.48. The topological polar surface area (TPSA) is 26.0 Å². The molecule has 0 spiro atoms. The van der Waals surface area contributed by atoms with E-state index in [4.69, 9.17) is 40.5 Å².